The molecule has 84 valence electrons. The SMILES string of the molecule is O=CN(C=O)CC(=O)c1ccc(Cl)cc1Cl. The smallest absolute Gasteiger partial charge is 0.216 e. The molecule has 0 bridgehead atoms. The maximum absolute atomic E-state index is 11.6. The summed E-state index contributed by atoms with van der Waals surface area (Å²) in [4.78, 5) is 33.0. The molecule has 0 spiro atoms. The number of amides is 2. The van der Waals surface area contributed by atoms with Crippen molar-refractivity contribution in [2.24, 2.45) is 0 Å². The van der Waals surface area contributed by atoms with Crippen molar-refractivity contribution in [1.29, 1.82) is 0 Å². The fraction of sp³-hybridized carbons (Fsp3) is 0.100. The van der Waals surface area contributed by atoms with Gasteiger partial charge in [0.1, 0.15) is 0 Å². The van der Waals surface area contributed by atoms with Crippen LogP contribution in [0.25, 0.3) is 0 Å². The van der Waals surface area contributed by atoms with Gasteiger partial charge in [0.25, 0.3) is 0 Å². The molecule has 1 aromatic rings. The third kappa shape index (κ3) is 3.05. The van der Waals surface area contributed by atoms with Gasteiger partial charge in [-0.2, -0.15) is 0 Å². The van der Waals surface area contributed by atoms with Gasteiger partial charge in [-0.3, -0.25) is 19.3 Å². The Hall–Kier alpha value is -1.39. The number of carbonyl (C=O) groups is 3. The van der Waals surface area contributed by atoms with E-state index in [4.69, 9.17) is 23.2 Å². The second-order valence-electron chi connectivity index (χ2n) is 2.93. The highest BCUT2D eigenvalue weighted by molar-refractivity contribution is 6.36. The van der Waals surface area contributed by atoms with Gasteiger partial charge < -0.3 is 0 Å². The molecule has 0 aliphatic heterocycles. The molecule has 0 heterocycles. The molecule has 6 heteroatoms. The van der Waals surface area contributed by atoms with Gasteiger partial charge in [-0.25, -0.2) is 0 Å². The second-order valence-corrected chi connectivity index (χ2v) is 3.77. The van der Waals surface area contributed by atoms with E-state index in [1.165, 1.54) is 18.2 Å². The van der Waals surface area contributed by atoms with E-state index in [1.54, 1.807) is 0 Å². The van der Waals surface area contributed by atoms with Gasteiger partial charge in [0.05, 0.1) is 11.6 Å². The first kappa shape index (κ1) is 12.7. The van der Waals surface area contributed by atoms with E-state index in [9.17, 15) is 14.4 Å². The number of Topliss-reactive ketones (excluding diaryl/α,β-unsaturated/α-hetero) is 1. The number of imide groups is 1. The van der Waals surface area contributed by atoms with Crippen molar-refractivity contribution >= 4 is 41.8 Å². The number of halogens is 2. The summed E-state index contributed by atoms with van der Waals surface area (Å²) >= 11 is 11.5. The number of benzene rings is 1. The minimum atomic E-state index is -0.430. The number of hydrogen-bond acceptors (Lipinski definition) is 3. The molecular formula is C10H7Cl2NO3. The van der Waals surface area contributed by atoms with E-state index in [2.05, 4.69) is 0 Å². The van der Waals surface area contributed by atoms with Crippen LogP contribution in [0.15, 0.2) is 18.2 Å². The Labute approximate surface area is 102 Å². The van der Waals surface area contributed by atoms with Crippen LogP contribution >= 0.6 is 23.2 Å². The van der Waals surface area contributed by atoms with Gasteiger partial charge in [0.15, 0.2) is 5.78 Å². The summed E-state index contributed by atoms with van der Waals surface area (Å²) in [5, 5.41) is 0.596. The normalized spacial score (nSPS) is 9.62. The van der Waals surface area contributed by atoms with Crippen LogP contribution in [0.1, 0.15) is 10.4 Å². The van der Waals surface area contributed by atoms with E-state index < -0.39 is 5.78 Å². The molecule has 0 fully saturated rings. The highest BCUT2D eigenvalue weighted by Crippen LogP contribution is 2.21. The van der Waals surface area contributed by atoms with Gasteiger partial charge in [-0.05, 0) is 18.2 Å². The third-order valence-corrected chi connectivity index (χ3v) is 2.38. The number of carbonyl (C=O) groups excluding carboxylic acids is 3. The zero-order valence-corrected chi connectivity index (χ0v) is 9.53. The van der Waals surface area contributed by atoms with Crippen molar-refractivity contribution in [3.8, 4) is 0 Å². The minimum absolute atomic E-state index is 0.189. The summed E-state index contributed by atoms with van der Waals surface area (Å²) in [6.45, 7) is -0.339. The number of ketones is 1. The first-order valence-electron chi connectivity index (χ1n) is 4.23. The molecule has 0 atom stereocenters. The van der Waals surface area contributed by atoms with E-state index in [-0.39, 0.29) is 30.0 Å². The number of nitrogens with zero attached hydrogens (tertiary/aromatic N) is 1. The highest BCUT2D eigenvalue weighted by atomic mass is 35.5. The number of hydrogen-bond donors (Lipinski definition) is 0. The Kier molecular flexibility index (Phi) is 4.46. The van der Waals surface area contributed by atoms with Crippen LogP contribution < -0.4 is 0 Å². The molecule has 0 radical (unpaired) electrons. The second kappa shape index (κ2) is 5.63. The lowest BCUT2D eigenvalue weighted by Crippen LogP contribution is -2.27. The maximum atomic E-state index is 11.6. The van der Waals surface area contributed by atoms with Crippen molar-refractivity contribution in [1.82, 2.24) is 4.90 Å². The quantitative estimate of drug-likeness (QED) is 0.599. The molecule has 0 saturated heterocycles. The molecule has 0 aromatic heterocycles. The molecule has 4 nitrogen and oxygen atoms in total. The van der Waals surface area contributed by atoms with Gasteiger partial charge in [-0.1, -0.05) is 23.2 Å². The van der Waals surface area contributed by atoms with E-state index in [1.807, 2.05) is 0 Å². The van der Waals surface area contributed by atoms with Crippen molar-refractivity contribution in [3.05, 3.63) is 33.8 Å². The summed E-state index contributed by atoms with van der Waals surface area (Å²) in [5.41, 5.74) is 0.222. The zero-order valence-electron chi connectivity index (χ0n) is 8.02. The average Bonchev–Trinajstić information content (AvgIpc) is 2.25. The lowest BCUT2D eigenvalue weighted by molar-refractivity contribution is -0.128. The Bertz CT molecular complexity index is 426. The topological polar surface area (TPSA) is 54.5 Å². The predicted octanol–water partition coefficient (Wildman–Crippen LogP) is 1.79. The van der Waals surface area contributed by atoms with Crippen LogP contribution in [-0.4, -0.2) is 30.0 Å². The van der Waals surface area contributed by atoms with Crippen LogP contribution in [0, 0.1) is 0 Å². The summed E-state index contributed by atoms with van der Waals surface area (Å²) in [6, 6.07) is 4.37. The van der Waals surface area contributed by atoms with E-state index >= 15 is 0 Å². The molecule has 16 heavy (non-hydrogen) atoms. The summed E-state index contributed by atoms with van der Waals surface area (Å²) in [5.74, 6) is -0.430. The number of rotatable bonds is 5. The first-order chi connectivity index (χ1) is 7.58. The summed E-state index contributed by atoms with van der Waals surface area (Å²) in [6.07, 6.45) is 0.545. The van der Waals surface area contributed by atoms with Crippen LogP contribution in [-0.2, 0) is 9.59 Å². The third-order valence-electron chi connectivity index (χ3n) is 1.83. The zero-order chi connectivity index (χ0) is 12.1. The summed E-state index contributed by atoms with van der Waals surface area (Å²) < 4.78 is 0. The van der Waals surface area contributed by atoms with Gasteiger partial charge >= 0.3 is 0 Å². The molecular weight excluding hydrogens is 253 g/mol. The molecule has 0 saturated carbocycles. The van der Waals surface area contributed by atoms with Crippen molar-refractivity contribution < 1.29 is 14.4 Å². The Morgan fingerprint density at radius 1 is 1.25 bits per heavy atom. The largest absolute Gasteiger partial charge is 0.292 e. The van der Waals surface area contributed by atoms with Crippen molar-refractivity contribution in [3.63, 3.8) is 0 Å². The monoisotopic (exact) mass is 259 g/mol. The Balaban J connectivity index is 2.88. The van der Waals surface area contributed by atoms with Crippen LogP contribution in [0.2, 0.25) is 10.0 Å². The van der Waals surface area contributed by atoms with Gasteiger partial charge in [0, 0.05) is 10.6 Å². The lowest BCUT2D eigenvalue weighted by atomic mass is 10.1. The standard InChI is InChI=1S/C10H7Cl2NO3/c11-7-1-2-8(9(12)3-7)10(16)4-13(5-14)6-15/h1-3,5-6H,4H2. The van der Waals surface area contributed by atoms with E-state index in [0.29, 0.717) is 9.92 Å². The summed E-state index contributed by atoms with van der Waals surface area (Å²) in [7, 11) is 0. The maximum Gasteiger partial charge on any atom is 0.216 e. The lowest BCUT2D eigenvalue weighted by Gasteiger charge is -2.08. The molecule has 2 amide bonds. The minimum Gasteiger partial charge on any atom is -0.292 e. The fourth-order valence-electron chi connectivity index (χ4n) is 1.07. The molecule has 1 rings (SSSR count). The van der Waals surface area contributed by atoms with Gasteiger partial charge in [0.2, 0.25) is 12.8 Å². The highest BCUT2D eigenvalue weighted by Gasteiger charge is 2.13. The van der Waals surface area contributed by atoms with E-state index in [0.717, 1.165) is 0 Å². The Morgan fingerprint density at radius 3 is 2.38 bits per heavy atom. The molecule has 1 aromatic carbocycles. The van der Waals surface area contributed by atoms with Crippen molar-refractivity contribution in [2.45, 2.75) is 0 Å². The molecule has 0 unspecified atom stereocenters. The van der Waals surface area contributed by atoms with Crippen LogP contribution in [0.3, 0.4) is 0 Å². The average molecular weight is 260 g/mol. The van der Waals surface area contributed by atoms with Crippen LogP contribution in [0.5, 0.6) is 0 Å². The molecule has 0 N–H and O–H groups in total. The molecule has 0 aliphatic rings. The van der Waals surface area contributed by atoms with Crippen molar-refractivity contribution in [2.75, 3.05) is 6.54 Å². The van der Waals surface area contributed by atoms with Gasteiger partial charge in [-0.15, -0.1) is 0 Å². The predicted molar refractivity (Wildman–Crippen MR) is 59.6 cm³/mol. The molecule has 0 aliphatic carbocycles. The fourth-order valence-corrected chi connectivity index (χ4v) is 1.58. The first-order valence-corrected chi connectivity index (χ1v) is 4.98. The van der Waals surface area contributed by atoms with Crippen LogP contribution in [0.4, 0.5) is 0 Å². The Morgan fingerprint density at radius 2 is 1.88 bits per heavy atom.